The summed E-state index contributed by atoms with van der Waals surface area (Å²) in [4.78, 5) is 10.0. The number of rotatable bonds is 1. The third-order valence-corrected chi connectivity index (χ3v) is 4.56. The van der Waals surface area contributed by atoms with Crippen LogP contribution in [0.4, 0.5) is 52.7 Å². The van der Waals surface area contributed by atoms with Crippen molar-refractivity contribution in [1.29, 1.82) is 0 Å². The summed E-state index contributed by atoms with van der Waals surface area (Å²) in [6, 6.07) is 0. The molecule has 0 saturated heterocycles. The molecule has 15 heteroatoms. The number of carbonyl (C=O) groups is 1. The molecular formula is C5F12O2Si. The standard InChI is InChI=1S/C5F12O2Si/c6-2(7,8)1(18)19-20(3(9,10)11,4(12,13)14)5(15,16)17. The molecule has 0 heterocycles. The van der Waals surface area contributed by atoms with E-state index in [-0.39, 0.29) is 0 Å². The van der Waals surface area contributed by atoms with E-state index in [1.807, 2.05) is 4.43 Å². The maximum Gasteiger partial charge on any atom is 0.599 e. The van der Waals surface area contributed by atoms with E-state index in [0.717, 1.165) is 0 Å². The average molecular weight is 348 g/mol. The lowest BCUT2D eigenvalue weighted by Gasteiger charge is -2.34. The van der Waals surface area contributed by atoms with Gasteiger partial charge in [0.05, 0.1) is 0 Å². The molecule has 0 amide bonds. The van der Waals surface area contributed by atoms with E-state index in [1.54, 1.807) is 0 Å². The fourth-order valence-electron chi connectivity index (χ4n) is 0.853. The summed E-state index contributed by atoms with van der Waals surface area (Å²) in [5, 5.41) is 0. The molecule has 0 aliphatic heterocycles. The largest absolute Gasteiger partial charge is 0.599 e. The Bertz CT molecular complexity index is 335. The predicted octanol–water partition coefficient (Wildman–Crippen LogP) is 3.34. The first-order valence-electron chi connectivity index (χ1n) is 3.88. The summed E-state index contributed by atoms with van der Waals surface area (Å²) in [5.41, 5.74) is 0. The van der Waals surface area contributed by atoms with E-state index in [4.69, 9.17) is 0 Å². The maximum atomic E-state index is 12.1. The summed E-state index contributed by atoms with van der Waals surface area (Å²) in [5.74, 6) is -26.0. The van der Waals surface area contributed by atoms with Gasteiger partial charge >= 0.3 is 37.9 Å². The minimum absolute atomic E-state index is 1.90. The van der Waals surface area contributed by atoms with E-state index in [2.05, 4.69) is 0 Å². The maximum absolute atomic E-state index is 12.1. The van der Waals surface area contributed by atoms with Gasteiger partial charge < -0.3 is 4.43 Å². The van der Waals surface area contributed by atoms with Gasteiger partial charge in [0.2, 0.25) is 0 Å². The molecule has 0 unspecified atom stereocenters. The van der Waals surface area contributed by atoms with Crippen molar-refractivity contribution in [2.75, 3.05) is 0 Å². The molecule has 0 aliphatic rings. The smallest absolute Gasteiger partial charge is 0.490 e. The molecule has 0 fully saturated rings. The minimum Gasteiger partial charge on any atom is -0.490 e. The molecule has 0 N–H and O–H groups in total. The Morgan fingerprint density at radius 3 is 1.05 bits per heavy atom. The molecule has 0 aromatic rings. The minimum atomic E-state index is -9.14. The Labute approximate surface area is 101 Å². The highest BCUT2D eigenvalue weighted by atomic mass is 28.4. The monoisotopic (exact) mass is 348 g/mol. The van der Waals surface area contributed by atoms with Gasteiger partial charge in [0.25, 0.3) is 0 Å². The van der Waals surface area contributed by atoms with Gasteiger partial charge in [-0.2, -0.15) is 52.7 Å². The second-order valence-corrected chi connectivity index (χ2v) is 6.33. The van der Waals surface area contributed by atoms with Crippen molar-refractivity contribution in [1.82, 2.24) is 0 Å². The van der Waals surface area contributed by atoms with Crippen LogP contribution in [-0.2, 0) is 9.22 Å². The zero-order valence-electron chi connectivity index (χ0n) is 8.35. The number of halogens is 12. The fourth-order valence-corrected chi connectivity index (χ4v) is 2.56. The number of alkyl halides is 12. The van der Waals surface area contributed by atoms with Crippen LogP contribution >= 0.6 is 0 Å². The summed E-state index contributed by atoms with van der Waals surface area (Å²) >= 11 is 0. The van der Waals surface area contributed by atoms with Crippen LogP contribution in [0.15, 0.2) is 0 Å². The molecule has 120 valence electrons. The lowest BCUT2D eigenvalue weighted by atomic mass is 10.7. The van der Waals surface area contributed by atoms with Crippen LogP contribution in [0, 0.1) is 0 Å². The van der Waals surface area contributed by atoms with Gasteiger partial charge in [-0.15, -0.1) is 0 Å². The highest BCUT2D eigenvalue weighted by molar-refractivity contribution is 6.80. The summed E-state index contributed by atoms with van der Waals surface area (Å²) in [6.07, 6.45) is -6.46. The van der Waals surface area contributed by atoms with Gasteiger partial charge in [-0.25, -0.2) is 4.79 Å². The van der Waals surface area contributed by atoms with Gasteiger partial charge in [-0.3, -0.25) is 0 Å². The van der Waals surface area contributed by atoms with E-state index in [1.165, 1.54) is 0 Å². The highest BCUT2D eigenvalue weighted by Crippen LogP contribution is 2.51. The third-order valence-electron chi connectivity index (χ3n) is 1.67. The van der Waals surface area contributed by atoms with Gasteiger partial charge in [0.15, 0.2) is 0 Å². The van der Waals surface area contributed by atoms with Crippen molar-refractivity contribution in [3.63, 3.8) is 0 Å². The molecule has 0 aliphatic carbocycles. The van der Waals surface area contributed by atoms with Gasteiger partial charge in [0.1, 0.15) is 0 Å². The SMILES string of the molecule is O=C(O[Si](C(F)(F)F)(C(F)(F)F)C(F)(F)F)C(F)(F)F. The molecule has 0 atom stereocenters. The summed E-state index contributed by atoms with van der Waals surface area (Å²) in [7, 11) is -9.14. The molecule has 2 nitrogen and oxygen atoms in total. The second-order valence-electron chi connectivity index (χ2n) is 3.06. The van der Waals surface area contributed by atoms with Crippen LogP contribution in [0.5, 0.6) is 0 Å². The first-order chi connectivity index (χ1) is 8.38. The van der Waals surface area contributed by atoms with Crippen LogP contribution in [-0.4, -0.2) is 37.9 Å². The van der Waals surface area contributed by atoms with Crippen molar-refractivity contribution in [3.05, 3.63) is 0 Å². The Hall–Kier alpha value is -1.15. The molecule has 0 aromatic heterocycles. The predicted molar refractivity (Wildman–Crippen MR) is 36.1 cm³/mol. The Kier molecular flexibility index (Phi) is 4.42. The van der Waals surface area contributed by atoms with Gasteiger partial charge in [-0.1, -0.05) is 0 Å². The fraction of sp³-hybridized carbons (Fsp3) is 0.800. The number of hydrogen-bond donors (Lipinski definition) is 0. The third kappa shape index (κ3) is 3.12. The van der Waals surface area contributed by atoms with E-state index in [0.29, 0.717) is 0 Å². The molecule has 0 bridgehead atoms. The first kappa shape index (κ1) is 18.8. The normalized spacial score (nSPS) is 15.2. The average Bonchev–Trinajstić information content (AvgIpc) is 2.04. The molecule has 0 saturated carbocycles. The highest BCUT2D eigenvalue weighted by Gasteiger charge is 2.93. The van der Waals surface area contributed by atoms with Crippen molar-refractivity contribution in [2.24, 2.45) is 0 Å². The topological polar surface area (TPSA) is 26.3 Å². The van der Waals surface area contributed by atoms with Crippen molar-refractivity contribution < 1.29 is 61.9 Å². The second kappa shape index (κ2) is 4.69. The lowest BCUT2D eigenvalue weighted by Crippen LogP contribution is -2.74. The number of carbonyl (C=O) groups excluding carboxylic acids is 1. The van der Waals surface area contributed by atoms with Crippen LogP contribution in [0.1, 0.15) is 0 Å². The molecule has 0 rings (SSSR count). The van der Waals surface area contributed by atoms with Crippen LogP contribution < -0.4 is 0 Å². The van der Waals surface area contributed by atoms with Crippen LogP contribution in [0.25, 0.3) is 0 Å². The Morgan fingerprint density at radius 2 is 0.900 bits per heavy atom. The quantitative estimate of drug-likeness (QED) is 0.537. The van der Waals surface area contributed by atoms with Gasteiger partial charge in [0, 0.05) is 0 Å². The first-order valence-corrected chi connectivity index (χ1v) is 5.79. The number of hydrogen-bond acceptors (Lipinski definition) is 2. The summed E-state index contributed by atoms with van der Waals surface area (Å²) in [6.45, 7) is 0. The summed E-state index contributed by atoms with van der Waals surface area (Å²) < 4.78 is 146. The van der Waals surface area contributed by atoms with E-state index < -0.39 is 37.9 Å². The molecular weight excluding hydrogens is 348 g/mol. The molecule has 0 spiro atoms. The molecule has 0 aromatic carbocycles. The van der Waals surface area contributed by atoms with E-state index in [9.17, 15) is 57.5 Å². The van der Waals surface area contributed by atoms with E-state index >= 15 is 0 Å². The lowest BCUT2D eigenvalue weighted by molar-refractivity contribution is -0.217. The molecule has 0 radical (unpaired) electrons. The zero-order chi connectivity index (χ0) is 16.8. The van der Waals surface area contributed by atoms with Crippen molar-refractivity contribution >= 4 is 14.3 Å². The molecule has 20 heavy (non-hydrogen) atoms. The van der Waals surface area contributed by atoms with Gasteiger partial charge in [-0.05, 0) is 0 Å². The van der Waals surface area contributed by atoms with Crippen molar-refractivity contribution in [2.45, 2.75) is 23.6 Å². The van der Waals surface area contributed by atoms with Crippen LogP contribution in [0.3, 0.4) is 0 Å². The van der Waals surface area contributed by atoms with Crippen LogP contribution in [0.2, 0.25) is 0 Å². The Balaban J connectivity index is 6.15. The Morgan fingerprint density at radius 1 is 0.650 bits per heavy atom. The zero-order valence-corrected chi connectivity index (χ0v) is 9.35. The van der Waals surface area contributed by atoms with Crippen molar-refractivity contribution in [3.8, 4) is 0 Å².